The highest BCUT2D eigenvalue weighted by atomic mass is 16.5. The van der Waals surface area contributed by atoms with Crippen molar-refractivity contribution >= 4 is 28.5 Å². The van der Waals surface area contributed by atoms with Crippen molar-refractivity contribution in [3.8, 4) is 0 Å². The number of benzene rings is 1. The van der Waals surface area contributed by atoms with E-state index < -0.39 is 5.97 Å². The maximum Gasteiger partial charge on any atom is 0.371 e. The quantitative estimate of drug-likeness (QED) is 0.904. The van der Waals surface area contributed by atoms with E-state index in [0.29, 0.717) is 35.8 Å². The fourth-order valence-corrected chi connectivity index (χ4v) is 2.91. The standard InChI is InChI=1S/C17H19NO5/c1-10(11-4-6-22-7-5-11)16(19)18-13-2-3-14-12(8-13)9-15(23-14)17(20)21/h2-3,8-11H,4-7H2,1H3,(H,18,19)(H,20,21). The van der Waals surface area contributed by atoms with Gasteiger partial charge < -0.3 is 19.6 Å². The van der Waals surface area contributed by atoms with Crippen LogP contribution in [0.1, 0.15) is 30.3 Å². The summed E-state index contributed by atoms with van der Waals surface area (Å²) < 4.78 is 10.5. The first kappa shape index (κ1) is 15.6. The third-order valence-electron chi connectivity index (χ3n) is 4.38. The molecule has 2 N–H and O–H groups in total. The maximum atomic E-state index is 12.4. The summed E-state index contributed by atoms with van der Waals surface area (Å²) in [6.45, 7) is 3.35. The second-order valence-electron chi connectivity index (χ2n) is 5.90. The molecule has 23 heavy (non-hydrogen) atoms. The van der Waals surface area contributed by atoms with Gasteiger partial charge in [0.05, 0.1) is 0 Å². The zero-order valence-electron chi connectivity index (χ0n) is 12.9. The van der Waals surface area contributed by atoms with Crippen molar-refractivity contribution in [2.24, 2.45) is 11.8 Å². The fourth-order valence-electron chi connectivity index (χ4n) is 2.91. The predicted molar refractivity (Wildman–Crippen MR) is 84.5 cm³/mol. The first-order valence-electron chi connectivity index (χ1n) is 7.70. The SMILES string of the molecule is CC(C(=O)Nc1ccc2oc(C(=O)O)cc2c1)C1CCOCC1. The molecule has 0 aliphatic carbocycles. The van der Waals surface area contributed by atoms with E-state index >= 15 is 0 Å². The number of hydrogen-bond acceptors (Lipinski definition) is 4. The Morgan fingerprint density at radius 1 is 1.26 bits per heavy atom. The van der Waals surface area contributed by atoms with E-state index in [9.17, 15) is 9.59 Å². The summed E-state index contributed by atoms with van der Waals surface area (Å²) in [7, 11) is 0. The van der Waals surface area contributed by atoms with Gasteiger partial charge in [0.25, 0.3) is 0 Å². The van der Waals surface area contributed by atoms with E-state index in [-0.39, 0.29) is 17.6 Å². The topological polar surface area (TPSA) is 88.8 Å². The van der Waals surface area contributed by atoms with Gasteiger partial charge in [-0.3, -0.25) is 4.79 Å². The molecule has 0 radical (unpaired) electrons. The molecule has 1 aromatic carbocycles. The minimum atomic E-state index is -1.11. The van der Waals surface area contributed by atoms with Crippen LogP contribution in [0.25, 0.3) is 11.0 Å². The van der Waals surface area contributed by atoms with Crippen LogP contribution in [0.3, 0.4) is 0 Å². The lowest BCUT2D eigenvalue weighted by Gasteiger charge is -2.26. The summed E-state index contributed by atoms with van der Waals surface area (Å²) in [5.74, 6) is -1.01. The first-order chi connectivity index (χ1) is 11.0. The molecule has 1 amide bonds. The first-order valence-corrected chi connectivity index (χ1v) is 7.70. The number of furan rings is 1. The fraction of sp³-hybridized carbons (Fsp3) is 0.412. The number of amides is 1. The van der Waals surface area contributed by atoms with Gasteiger partial charge in [-0.1, -0.05) is 6.92 Å². The molecular weight excluding hydrogens is 298 g/mol. The van der Waals surface area contributed by atoms with Gasteiger partial charge in [0.1, 0.15) is 5.58 Å². The van der Waals surface area contributed by atoms with Crippen molar-refractivity contribution in [2.75, 3.05) is 18.5 Å². The van der Waals surface area contributed by atoms with Gasteiger partial charge in [0, 0.05) is 30.2 Å². The molecule has 2 heterocycles. The Balaban J connectivity index is 1.72. The molecular formula is C17H19NO5. The number of hydrogen-bond donors (Lipinski definition) is 2. The predicted octanol–water partition coefficient (Wildman–Crippen LogP) is 3.13. The highest BCUT2D eigenvalue weighted by molar-refractivity contribution is 5.96. The number of carboxylic acids is 1. The Labute approximate surface area is 133 Å². The summed E-state index contributed by atoms with van der Waals surface area (Å²) in [6.07, 6.45) is 1.80. The minimum Gasteiger partial charge on any atom is -0.475 e. The molecule has 0 spiro atoms. The number of carboxylic acid groups (broad SMARTS) is 1. The van der Waals surface area contributed by atoms with Crippen molar-refractivity contribution in [1.82, 2.24) is 0 Å². The van der Waals surface area contributed by atoms with E-state index in [1.54, 1.807) is 18.2 Å². The van der Waals surface area contributed by atoms with Crippen LogP contribution >= 0.6 is 0 Å². The summed E-state index contributed by atoms with van der Waals surface area (Å²) in [5.41, 5.74) is 1.12. The molecule has 6 nitrogen and oxygen atoms in total. The number of rotatable bonds is 4. The number of anilines is 1. The van der Waals surface area contributed by atoms with Gasteiger partial charge in [-0.15, -0.1) is 0 Å². The van der Waals surface area contributed by atoms with E-state index in [0.717, 1.165) is 12.8 Å². The molecule has 2 aromatic rings. The normalized spacial score (nSPS) is 17.1. The Hall–Kier alpha value is -2.34. The van der Waals surface area contributed by atoms with Crippen molar-refractivity contribution in [2.45, 2.75) is 19.8 Å². The Morgan fingerprint density at radius 2 is 2.00 bits per heavy atom. The highest BCUT2D eigenvalue weighted by Crippen LogP contribution is 2.26. The van der Waals surface area contributed by atoms with E-state index in [2.05, 4.69) is 5.32 Å². The van der Waals surface area contributed by atoms with Crippen LogP contribution in [0.4, 0.5) is 5.69 Å². The van der Waals surface area contributed by atoms with Crippen LogP contribution in [0.5, 0.6) is 0 Å². The average molecular weight is 317 g/mol. The number of fused-ring (bicyclic) bond motifs is 1. The van der Waals surface area contributed by atoms with Gasteiger partial charge in [-0.2, -0.15) is 0 Å². The van der Waals surface area contributed by atoms with Gasteiger partial charge in [-0.25, -0.2) is 4.79 Å². The molecule has 1 aliphatic rings. The van der Waals surface area contributed by atoms with Crippen LogP contribution < -0.4 is 5.32 Å². The number of aromatic carboxylic acids is 1. The largest absolute Gasteiger partial charge is 0.475 e. The smallest absolute Gasteiger partial charge is 0.371 e. The average Bonchev–Trinajstić information content (AvgIpc) is 2.98. The number of nitrogens with one attached hydrogen (secondary N) is 1. The second kappa shape index (κ2) is 6.42. The van der Waals surface area contributed by atoms with Gasteiger partial charge in [0.2, 0.25) is 11.7 Å². The van der Waals surface area contributed by atoms with E-state index in [4.69, 9.17) is 14.3 Å². The van der Waals surface area contributed by atoms with Gasteiger partial charge in [-0.05, 0) is 43.0 Å². The van der Waals surface area contributed by atoms with E-state index in [1.807, 2.05) is 6.92 Å². The van der Waals surface area contributed by atoms with Crippen molar-refractivity contribution in [3.05, 3.63) is 30.0 Å². The van der Waals surface area contributed by atoms with Crippen molar-refractivity contribution in [1.29, 1.82) is 0 Å². The lowest BCUT2D eigenvalue weighted by atomic mass is 9.87. The summed E-state index contributed by atoms with van der Waals surface area (Å²) in [5, 5.41) is 12.5. The maximum absolute atomic E-state index is 12.4. The molecule has 1 unspecified atom stereocenters. The lowest BCUT2D eigenvalue weighted by Crippen LogP contribution is -2.30. The lowest BCUT2D eigenvalue weighted by molar-refractivity contribution is -0.122. The minimum absolute atomic E-state index is 0.0294. The molecule has 0 bridgehead atoms. The Bertz CT molecular complexity index is 730. The number of carbonyl (C=O) groups excluding carboxylic acids is 1. The summed E-state index contributed by atoms with van der Waals surface area (Å²) >= 11 is 0. The zero-order valence-corrected chi connectivity index (χ0v) is 12.9. The number of carbonyl (C=O) groups is 2. The van der Waals surface area contributed by atoms with Crippen LogP contribution in [-0.2, 0) is 9.53 Å². The monoisotopic (exact) mass is 317 g/mol. The highest BCUT2D eigenvalue weighted by Gasteiger charge is 2.26. The van der Waals surface area contributed by atoms with Crippen LogP contribution in [-0.4, -0.2) is 30.2 Å². The third-order valence-corrected chi connectivity index (χ3v) is 4.38. The second-order valence-corrected chi connectivity index (χ2v) is 5.90. The molecule has 1 saturated heterocycles. The van der Waals surface area contributed by atoms with E-state index in [1.165, 1.54) is 6.07 Å². The molecule has 122 valence electrons. The van der Waals surface area contributed by atoms with Crippen molar-refractivity contribution in [3.63, 3.8) is 0 Å². The molecule has 1 fully saturated rings. The van der Waals surface area contributed by atoms with Gasteiger partial charge in [0.15, 0.2) is 0 Å². The van der Waals surface area contributed by atoms with Crippen LogP contribution in [0.2, 0.25) is 0 Å². The molecule has 1 aliphatic heterocycles. The number of ether oxygens (including phenoxy) is 1. The Kier molecular flexibility index (Phi) is 4.34. The molecule has 3 rings (SSSR count). The zero-order chi connectivity index (χ0) is 16.4. The Morgan fingerprint density at radius 3 is 2.70 bits per heavy atom. The van der Waals surface area contributed by atoms with Crippen molar-refractivity contribution < 1.29 is 23.8 Å². The third kappa shape index (κ3) is 3.37. The molecule has 1 aromatic heterocycles. The molecule has 6 heteroatoms. The van der Waals surface area contributed by atoms with Crippen LogP contribution in [0, 0.1) is 11.8 Å². The van der Waals surface area contributed by atoms with Gasteiger partial charge >= 0.3 is 5.97 Å². The van der Waals surface area contributed by atoms with Crippen LogP contribution in [0.15, 0.2) is 28.7 Å². The summed E-state index contributed by atoms with van der Waals surface area (Å²) in [4.78, 5) is 23.3. The summed E-state index contributed by atoms with van der Waals surface area (Å²) in [6, 6.07) is 6.55. The molecule has 0 saturated carbocycles. The molecule has 1 atom stereocenters.